The molecule has 0 saturated carbocycles. The van der Waals surface area contributed by atoms with E-state index in [-0.39, 0.29) is 11.6 Å². The average Bonchev–Trinajstić information content (AvgIpc) is 2.71. The van der Waals surface area contributed by atoms with Gasteiger partial charge in [-0.1, -0.05) is 6.07 Å². The molecule has 7 heteroatoms. The largest absolute Gasteiger partial charge is 0.368 e. The maximum Gasteiger partial charge on any atom is 0.194 e. The molecule has 1 aliphatic rings. The van der Waals surface area contributed by atoms with Crippen molar-refractivity contribution < 1.29 is 8.78 Å². The summed E-state index contributed by atoms with van der Waals surface area (Å²) in [5.41, 5.74) is 2.75. The van der Waals surface area contributed by atoms with E-state index < -0.39 is 0 Å². The molecule has 0 radical (unpaired) electrons. The minimum Gasteiger partial charge on any atom is -0.368 e. The summed E-state index contributed by atoms with van der Waals surface area (Å²) in [5, 5.41) is 3.39. The predicted octanol–water partition coefficient (Wildman–Crippen LogP) is 2.92. The number of halogens is 2. The first-order valence-corrected chi connectivity index (χ1v) is 9.84. The maximum atomic E-state index is 14.0. The van der Waals surface area contributed by atoms with E-state index in [0.29, 0.717) is 18.7 Å². The summed E-state index contributed by atoms with van der Waals surface area (Å²) in [6.07, 6.45) is 0. The highest BCUT2D eigenvalue weighted by molar-refractivity contribution is 5.80. The van der Waals surface area contributed by atoms with Crippen LogP contribution in [0.3, 0.4) is 0 Å². The van der Waals surface area contributed by atoms with Crippen LogP contribution in [0.5, 0.6) is 0 Å². The van der Waals surface area contributed by atoms with Crippen molar-refractivity contribution in [1.82, 2.24) is 15.1 Å². The van der Waals surface area contributed by atoms with Crippen LogP contribution in [0.15, 0.2) is 47.5 Å². The van der Waals surface area contributed by atoms with Crippen molar-refractivity contribution in [1.29, 1.82) is 0 Å². The summed E-state index contributed by atoms with van der Waals surface area (Å²) < 4.78 is 27.1. The van der Waals surface area contributed by atoms with Crippen molar-refractivity contribution >= 4 is 11.6 Å². The van der Waals surface area contributed by atoms with E-state index in [1.165, 1.54) is 18.2 Å². The van der Waals surface area contributed by atoms with Crippen molar-refractivity contribution in [2.45, 2.75) is 13.1 Å². The fraction of sp³-hybridized carbons (Fsp3) is 0.409. The van der Waals surface area contributed by atoms with Gasteiger partial charge in [-0.3, -0.25) is 4.99 Å². The number of guanidine groups is 1. The zero-order chi connectivity index (χ0) is 20.8. The Morgan fingerprint density at radius 3 is 2.34 bits per heavy atom. The first kappa shape index (κ1) is 21.0. The minimum atomic E-state index is -0.216. The third kappa shape index (κ3) is 5.67. The number of benzene rings is 2. The van der Waals surface area contributed by atoms with Crippen molar-refractivity contribution in [3.63, 3.8) is 0 Å². The summed E-state index contributed by atoms with van der Waals surface area (Å²) in [4.78, 5) is 10.8. The topological polar surface area (TPSA) is 34.1 Å². The number of nitrogens with zero attached hydrogens (tertiary/aromatic N) is 4. The van der Waals surface area contributed by atoms with E-state index in [2.05, 4.69) is 20.1 Å². The summed E-state index contributed by atoms with van der Waals surface area (Å²) in [6, 6.07) is 11.9. The highest BCUT2D eigenvalue weighted by Gasteiger charge is 2.20. The van der Waals surface area contributed by atoms with Crippen LogP contribution in [0.1, 0.15) is 11.1 Å². The standard InChI is InChI=1S/C22H29F2N5/c1-25-22(26-15-17-4-9-21(24)18(14-17)16-27(2)3)29-12-10-28(11-13-29)20-7-5-19(23)6-8-20/h4-9,14H,10-13,15-16H2,1-3H3,(H,25,26). The van der Waals surface area contributed by atoms with Gasteiger partial charge in [-0.2, -0.15) is 0 Å². The molecular formula is C22H29F2N5. The van der Waals surface area contributed by atoms with E-state index in [0.717, 1.165) is 43.4 Å². The number of hydrogen-bond acceptors (Lipinski definition) is 3. The second-order valence-electron chi connectivity index (χ2n) is 7.51. The number of piperazine rings is 1. The maximum absolute atomic E-state index is 14.0. The zero-order valence-electron chi connectivity index (χ0n) is 17.3. The highest BCUT2D eigenvalue weighted by Crippen LogP contribution is 2.17. The molecule has 1 saturated heterocycles. The number of hydrogen-bond donors (Lipinski definition) is 1. The van der Waals surface area contributed by atoms with Gasteiger partial charge in [-0.25, -0.2) is 8.78 Å². The van der Waals surface area contributed by atoms with Crippen LogP contribution in [-0.2, 0) is 13.1 Å². The number of rotatable bonds is 5. The molecule has 0 unspecified atom stereocenters. The van der Waals surface area contributed by atoms with Crippen LogP contribution in [0.25, 0.3) is 0 Å². The number of nitrogens with one attached hydrogen (secondary N) is 1. The molecule has 0 atom stereocenters. The number of anilines is 1. The molecular weight excluding hydrogens is 372 g/mol. The third-order valence-corrected chi connectivity index (χ3v) is 5.03. The Kier molecular flexibility index (Phi) is 7.04. The smallest absolute Gasteiger partial charge is 0.194 e. The predicted molar refractivity (Wildman–Crippen MR) is 114 cm³/mol. The van der Waals surface area contributed by atoms with Crippen LogP contribution in [0.2, 0.25) is 0 Å². The molecule has 156 valence electrons. The lowest BCUT2D eigenvalue weighted by molar-refractivity contribution is 0.372. The van der Waals surface area contributed by atoms with E-state index in [4.69, 9.17) is 0 Å². The van der Waals surface area contributed by atoms with Gasteiger partial charge in [0, 0.05) is 57.6 Å². The van der Waals surface area contributed by atoms with Gasteiger partial charge in [0.15, 0.2) is 5.96 Å². The highest BCUT2D eigenvalue weighted by atomic mass is 19.1. The SMILES string of the molecule is CN=C(NCc1ccc(F)c(CN(C)C)c1)N1CCN(c2ccc(F)cc2)CC1. The van der Waals surface area contributed by atoms with Crippen molar-refractivity contribution in [3.05, 3.63) is 65.2 Å². The van der Waals surface area contributed by atoms with E-state index >= 15 is 0 Å². The van der Waals surface area contributed by atoms with Gasteiger partial charge in [0.05, 0.1) is 0 Å². The average molecular weight is 402 g/mol. The molecule has 1 heterocycles. The van der Waals surface area contributed by atoms with Crippen molar-refractivity contribution in [3.8, 4) is 0 Å². The molecule has 29 heavy (non-hydrogen) atoms. The van der Waals surface area contributed by atoms with Gasteiger partial charge in [0.25, 0.3) is 0 Å². The molecule has 0 bridgehead atoms. The normalized spacial score (nSPS) is 15.2. The van der Waals surface area contributed by atoms with Gasteiger partial charge < -0.3 is 20.0 Å². The first-order valence-electron chi connectivity index (χ1n) is 9.84. The lowest BCUT2D eigenvalue weighted by atomic mass is 10.1. The van der Waals surface area contributed by atoms with Crippen LogP contribution >= 0.6 is 0 Å². The van der Waals surface area contributed by atoms with E-state index in [9.17, 15) is 8.78 Å². The Hall–Kier alpha value is -2.67. The van der Waals surface area contributed by atoms with Gasteiger partial charge in [-0.15, -0.1) is 0 Å². The molecule has 1 N–H and O–H groups in total. The summed E-state index contributed by atoms with van der Waals surface area (Å²) in [6.45, 7) is 4.50. The molecule has 2 aromatic carbocycles. The van der Waals surface area contributed by atoms with Crippen molar-refractivity contribution in [2.24, 2.45) is 4.99 Å². The molecule has 5 nitrogen and oxygen atoms in total. The lowest BCUT2D eigenvalue weighted by Gasteiger charge is -2.37. The lowest BCUT2D eigenvalue weighted by Crippen LogP contribution is -2.52. The Balaban J connectivity index is 1.55. The molecule has 1 fully saturated rings. The fourth-order valence-corrected chi connectivity index (χ4v) is 3.54. The second-order valence-corrected chi connectivity index (χ2v) is 7.51. The Morgan fingerprint density at radius 1 is 1.03 bits per heavy atom. The quantitative estimate of drug-likeness (QED) is 0.617. The Labute approximate surface area is 171 Å². The molecule has 2 aromatic rings. The molecule has 0 aromatic heterocycles. The summed E-state index contributed by atoms with van der Waals surface area (Å²) in [7, 11) is 5.63. The van der Waals surface area contributed by atoms with Gasteiger partial charge in [-0.05, 0) is 56.1 Å². The molecule has 1 aliphatic heterocycles. The van der Waals surface area contributed by atoms with Gasteiger partial charge in [0.2, 0.25) is 0 Å². The molecule has 0 amide bonds. The fourth-order valence-electron chi connectivity index (χ4n) is 3.54. The second kappa shape index (κ2) is 9.69. The first-order chi connectivity index (χ1) is 14.0. The van der Waals surface area contributed by atoms with E-state index in [1.54, 1.807) is 13.1 Å². The molecule has 0 spiro atoms. The van der Waals surface area contributed by atoms with Gasteiger partial charge >= 0.3 is 0 Å². The van der Waals surface area contributed by atoms with Crippen molar-refractivity contribution in [2.75, 3.05) is 52.2 Å². The monoisotopic (exact) mass is 401 g/mol. The van der Waals surface area contributed by atoms with Crippen LogP contribution in [0, 0.1) is 11.6 Å². The zero-order valence-corrected chi connectivity index (χ0v) is 17.3. The minimum absolute atomic E-state index is 0.177. The van der Waals surface area contributed by atoms with Crippen LogP contribution in [-0.4, -0.2) is 63.1 Å². The molecule has 0 aliphatic carbocycles. The molecule has 3 rings (SSSR count). The van der Waals surface area contributed by atoms with Gasteiger partial charge in [0.1, 0.15) is 11.6 Å². The van der Waals surface area contributed by atoms with E-state index in [1.807, 2.05) is 37.2 Å². The Morgan fingerprint density at radius 2 is 1.72 bits per heavy atom. The number of aliphatic imine (C=N–C) groups is 1. The van der Waals surface area contributed by atoms with Crippen LogP contribution < -0.4 is 10.2 Å². The summed E-state index contributed by atoms with van der Waals surface area (Å²) in [5.74, 6) is 0.442. The van der Waals surface area contributed by atoms with Crippen LogP contribution in [0.4, 0.5) is 14.5 Å². The third-order valence-electron chi connectivity index (χ3n) is 5.03. The summed E-state index contributed by atoms with van der Waals surface area (Å²) >= 11 is 0. The Bertz CT molecular complexity index is 828.